The number of ether oxygens (including phenoxy) is 1. The van der Waals surface area contributed by atoms with Gasteiger partial charge in [0.05, 0.1) is 24.4 Å². The van der Waals surface area contributed by atoms with Gasteiger partial charge in [-0.3, -0.25) is 4.68 Å². The molecule has 2 rings (SSSR count). The third kappa shape index (κ3) is 1.21. The largest absolute Gasteiger partial charge is 0.370 e. The van der Waals surface area contributed by atoms with E-state index in [1.165, 1.54) is 0 Å². The molecular formula is C10H13N3O. The molecule has 0 amide bonds. The average molecular weight is 191 g/mol. The summed E-state index contributed by atoms with van der Waals surface area (Å²) in [5, 5.41) is 13.2. The summed E-state index contributed by atoms with van der Waals surface area (Å²) in [5.41, 5.74) is 2.43. The fraction of sp³-hybridized carbons (Fsp3) is 0.600. The summed E-state index contributed by atoms with van der Waals surface area (Å²) >= 11 is 0. The smallest absolute Gasteiger partial charge is 0.168 e. The molecule has 0 saturated heterocycles. The maximum atomic E-state index is 8.90. The van der Waals surface area contributed by atoms with Crippen LogP contribution in [0.25, 0.3) is 0 Å². The van der Waals surface area contributed by atoms with Crippen LogP contribution in [-0.2, 0) is 23.5 Å². The van der Waals surface area contributed by atoms with Gasteiger partial charge < -0.3 is 4.74 Å². The highest BCUT2D eigenvalue weighted by Crippen LogP contribution is 2.27. The minimum atomic E-state index is -0.0904. The Balaban J connectivity index is 2.60. The van der Waals surface area contributed by atoms with Crippen LogP contribution in [0.2, 0.25) is 0 Å². The van der Waals surface area contributed by atoms with Gasteiger partial charge >= 0.3 is 0 Å². The molecule has 0 spiro atoms. The molecular weight excluding hydrogens is 178 g/mol. The van der Waals surface area contributed by atoms with Crippen LogP contribution in [-0.4, -0.2) is 9.78 Å². The topological polar surface area (TPSA) is 50.8 Å². The number of nitrogens with zero attached hydrogens (tertiary/aromatic N) is 3. The highest BCUT2D eigenvalue weighted by atomic mass is 16.5. The molecule has 0 bridgehead atoms. The second-order valence-corrected chi connectivity index (χ2v) is 4.46. The molecule has 1 aliphatic rings. The van der Waals surface area contributed by atoms with Gasteiger partial charge in [0, 0.05) is 5.56 Å². The first kappa shape index (κ1) is 9.22. The van der Waals surface area contributed by atoms with Crippen LogP contribution in [0.3, 0.4) is 0 Å². The van der Waals surface area contributed by atoms with Gasteiger partial charge in [0.1, 0.15) is 6.07 Å². The number of nitriles is 1. The molecule has 14 heavy (non-hydrogen) atoms. The lowest BCUT2D eigenvalue weighted by Gasteiger charge is -2.21. The van der Waals surface area contributed by atoms with Gasteiger partial charge in [-0.1, -0.05) is 0 Å². The Hall–Kier alpha value is -1.34. The lowest BCUT2D eigenvalue weighted by atomic mass is 10.1. The number of hydrogen-bond acceptors (Lipinski definition) is 3. The molecule has 0 atom stereocenters. The predicted molar refractivity (Wildman–Crippen MR) is 50.4 cm³/mol. The van der Waals surface area contributed by atoms with Gasteiger partial charge in [0.25, 0.3) is 0 Å². The summed E-state index contributed by atoms with van der Waals surface area (Å²) < 4.78 is 7.22. The van der Waals surface area contributed by atoms with Crippen LogP contribution >= 0.6 is 0 Å². The van der Waals surface area contributed by atoms with E-state index in [0.717, 1.165) is 11.3 Å². The fourth-order valence-electron chi connectivity index (χ4n) is 1.68. The van der Waals surface area contributed by atoms with Gasteiger partial charge in [-0.05, 0) is 20.8 Å². The molecule has 0 unspecified atom stereocenters. The minimum Gasteiger partial charge on any atom is -0.370 e. The maximum Gasteiger partial charge on any atom is 0.168 e. The first-order valence-electron chi connectivity index (χ1n) is 4.63. The number of rotatable bonds is 0. The monoisotopic (exact) mass is 191 g/mol. The quantitative estimate of drug-likeness (QED) is 0.625. The third-order valence-corrected chi connectivity index (χ3v) is 2.32. The summed E-state index contributed by atoms with van der Waals surface area (Å²) in [5.74, 6) is 0. The molecule has 1 aromatic rings. The Kier molecular flexibility index (Phi) is 1.86. The molecule has 0 saturated carbocycles. The second kappa shape index (κ2) is 2.82. The molecule has 0 radical (unpaired) electrons. The van der Waals surface area contributed by atoms with Crippen molar-refractivity contribution in [2.75, 3.05) is 0 Å². The average Bonchev–Trinajstić information content (AvgIpc) is 2.59. The number of fused-ring (bicyclic) bond motifs is 1. The number of hydrogen-bond donors (Lipinski definition) is 0. The molecule has 4 nitrogen and oxygen atoms in total. The predicted octanol–water partition coefficient (Wildman–Crippen LogP) is 1.54. The Morgan fingerprint density at radius 2 is 2.14 bits per heavy atom. The van der Waals surface area contributed by atoms with Gasteiger partial charge in [0.15, 0.2) is 5.69 Å². The zero-order chi connectivity index (χ0) is 10.3. The second-order valence-electron chi connectivity index (χ2n) is 4.46. The minimum absolute atomic E-state index is 0.0904. The fourth-order valence-corrected chi connectivity index (χ4v) is 1.68. The van der Waals surface area contributed by atoms with E-state index < -0.39 is 0 Å². The lowest BCUT2D eigenvalue weighted by Crippen LogP contribution is -2.25. The van der Waals surface area contributed by atoms with Crippen molar-refractivity contribution >= 4 is 0 Å². The standard InChI is InChI=1S/C10H13N3O/c1-10(2,3)13-9-6-14-5-7(9)8(4-11)12-13/h5-6H2,1-3H3. The van der Waals surface area contributed by atoms with Crippen molar-refractivity contribution in [3.8, 4) is 6.07 Å². The molecule has 0 aromatic carbocycles. The van der Waals surface area contributed by atoms with E-state index in [1.807, 2.05) is 4.68 Å². The first-order valence-corrected chi connectivity index (χ1v) is 4.63. The van der Waals surface area contributed by atoms with Crippen molar-refractivity contribution in [3.63, 3.8) is 0 Å². The normalized spacial score (nSPS) is 15.3. The van der Waals surface area contributed by atoms with E-state index in [1.54, 1.807) is 0 Å². The Morgan fingerprint density at radius 3 is 2.71 bits per heavy atom. The Labute approximate surface area is 83.1 Å². The maximum absolute atomic E-state index is 8.90. The van der Waals surface area contributed by atoms with Crippen molar-refractivity contribution in [2.45, 2.75) is 39.5 Å². The summed E-state index contributed by atoms with van der Waals surface area (Å²) in [6.07, 6.45) is 0. The zero-order valence-electron chi connectivity index (χ0n) is 8.66. The molecule has 1 aliphatic heterocycles. The Morgan fingerprint density at radius 1 is 1.43 bits per heavy atom. The molecule has 74 valence electrons. The molecule has 0 N–H and O–H groups in total. The van der Waals surface area contributed by atoms with Crippen molar-refractivity contribution in [2.24, 2.45) is 0 Å². The van der Waals surface area contributed by atoms with Crippen molar-refractivity contribution in [1.82, 2.24) is 9.78 Å². The van der Waals surface area contributed by atoms with Crippen molar-refractivity contribution in [1.29, 1.82) is 5.26 Å². The van der Waals surface area contributed by atoms with Crippen molar-refractivity contribution in [3.05, 3.63) is 17.0 Å². The SMILES string of the molecule is CC(C)(C)n1nc(C#N)c2c1COC2. The van der Waals surface area contributed by atoms with Gasteiger partial charge in [-0.2, -0.15) is 10.4 Å². The summed E-state index contributed by atoms with van der Waals surface area (Å²) in [6.45, 7) is 7.30. The molecule has 4 heteroatoms. The third-order valence-electron chi connectivity index (χ3n) is 2.32. The summed E-state index contributed by atoms with van der Waals surface area (Å²) in [7, 11) is 0. The van der Waals surface area contributed by atoms with E-state index in [2.05, 4.69) is 31.9 Å². The Bertz CT molecular complexity index is 406. The van der Waals surface area contributed by atoms with Crippen molar-refractivity contribution < 1.29 is 4.74 Å². The van der Waals surface area contributed by atoms with Crippen LogP contribution in [0.5, 0.6) is 0 Å². The summed E-state index contributed by atoms with van der Waals surface area (Å²) in [6, 6.07) is 2.11. The zero-order valence-corrected chi connectivity index (χ0v) is 8.66. The molecule has 0 aliphatic carbocycles. The number of aromatic nitrogens is 2. The van der Waals surface area contributed by atoms with Gasteiger partial charge in [-0.25, -0.2) is 0 Å². The summed E-state index contributed by atoms with van der Waals surface area (Å²) in [4.78, 5) is 0. The van der Waals surface area contributed by atoms with E-state index >= 15 is 0 Å². The molecule has 0 fully saturated rings. The first-order chi connectivity index (χ1) is 6.54. The van der Waals surface area contributed by atoms with E-state index in [0.29, 0.717) is 18.9 Å². The van der Waals surface area contributed by atoms with Crippen LogP contribution in [0.1, 0.15) is 37.7 Å². The van der Waals surface area contributed by atoms with E-state index in [-0.39, 0.29) is 5.54 Å². The van der Waals surface area contributed by atoms with E-state index in [4.69, 9.17) is 10.00 Å². The van der Waals surface area contributed by atoms with Gasteiger partial charge in [0.2, 0.25) is 0 Å². The van der Waals surface area contributed by atoms with E-state index in [9.17, 15) is 0 Å². The van der Waals surface area contributed by atoms with Crippen LogP contribution in [0.4, 0.5) is 0 Å². The molecule has 2 heterocycles. The van der Waals surface area contributed by atoms with Gasteiger partial charge in [-0.15, -0.1) is 0 Å². The van der Waals surface area contributed by atoms with Crippen LogP contribution in [0.15, 0.2) is 0 Å². The van der Waals surface area contributed by atoms with Crippen LogP contribution in [0, 0.1) is 11.3 Å². The highest BCUT2D eigenvalue weighted by Gasteiger charge is 2.28. The highest BCUT2D eigenvalue weighted by molar-refractivity contribution is 5.36. The lowest BCUT2D eigenvalue weighted by molar-refractivity contribution is 0.125. The van der Waals surface area contributed by atoms with Crippen LogP contribution < -0.4 is 0 Å². The molecule has 1 aromatic heterocycles.